The van der Waals surface area contributed by atoms with Crippen molar-refractivity contribution in [3.63, 3.8) is 0 Å². The van der Waals surface area contributed by atoms with Gasteiger partial charge in [0, 0.05) is 23.5 Å². The van der Waals surface area contributed by atoms with Crippen molar-refractivity contribution in [3.8, 4) is 11.4 Å². The number of hydrogen-bond acceptors (Lipinski definition) is 5. The minimum atomic E-state index is -0.171. The van der Waals surface area contributed by atoms with Crippen LogP contribution < -0.4 is 10.1 Å². The number of ether oxygens (including phenoxy) is 1. The van der Waals surface area contributed by atoms with Gasteiger partial charge in [0.2, 0.25) is 5.13 Å². The van der Waals surface area contributed by atoms with Gasteiger partial charge in [0.05, 0.1) is 12.7 Å². The van der Waals surface area contributed by atoms with Crippen molar-refractivity contribution in [2.24, 2.45) is 5.92 Å². The minimum absolute atomic E-state index is 0.171. The highest BCUT2D eigenvalue weighted by Crippen LogP contribution is 2.24. The fourth-order valence-electron chi connectivity index (χ4n) is 3.02. The summed E-state index contributed by atoms with van der Waals surface area (Å²) in [5.41, 5.74) is 3.48. The van der Waals surface area contributed by atoms with Crippen molar-refractivity contribution in [1.82, 2.24) is 14.8 Å². The van der Waals surface area contributed by atoms with Crippen LogP contribution >= 0.6 is 11.3 Å². The topological polar surface area (TPSA) is 69.0 Å². The number of rotatable bonds is 6. The van der Waals surface area contributed by atoms with Crippen LogP contribution in [0.3, 0.4) is 0 Å². The van der Waals surface area contributed by atoms with Crippen LogP contribution in [0.1, 0.15) is 40.6 Å². The van der Waals surface area contributed by atoms with Crippen molar-refractivity contribution < 1.29 is 9.53 Å². The van der Waals surface area contributed by atoms with E-state index in [0.29, 0.717) is 16.6 Å². The van der Waals surface area contributed by atoms with Crippen LogP contribution in [-0.2, 0) is 6.42 Å². The molecule has 1 N–H and O–H groups in total. The van der Waals surface area contributed by atoms with Gasteiger partial charge >= 0.3 is 0 Å². The first-order valence-electron chi connectivity index (χ1n) is 8.86. The third-order valence-corrected chi connectivity index (χ3v) is 5.14. The van der Waals surface area contributed by atoms with Gasteiger partial charge in [-0.2, -0.15) is 0 Å². The van der Waals surface area contributed by atoms with E-state index in [1.165, 1.54) is 11.3 Å². The minimum Gasteiger partial charge on any atom is -0.497 e. The van der Waals surface area contributed by atoms with Crippen LogP contribution in [0.25, 0.3) is 5.69 Å². The molecule has 3 aromatic rings. The molecule has 0 aliphatic rings. The summed E-state index contributed by atoms with van der Waals surface area (Å²) in [5.74, 6) is 1.13. The predicted octanol–water partition coefficient (Wildman–Crippen LogP) is 4.41. The molecule has 0 aliphatic heterocycles. The quantitative estimate of drug-likeness (QED) is 0.684. The average molecular weight is 385 g/mol. The smallest absolute Gasteiger partial charge is 0.259 e. The van der Waals surface area contributed by atoms with Crippen molar-refractivity contribution in [2.45, 2.75) is 34.1 Å². The maximum Gasteiger partial charge on any atom is 0.259 e. The zero-order chi connectivity index (χ0) is 19.6. The van der Waals surface area contributed by atoms with Gasteiger partial charge < -0.3 is 9.30 Å². The third kappa shape index (κ3) is 4.19. The number of carbonyl (C=O) groups is 1. The molecule has 0 unspecified atom stereocenters. The SMILES string of the molecule is COc1ccc(-n2c(C)cc(C(=O)Nc3nnc(CC(C)C)s3)c2C)cc1. The van der Waals surface area contributed by atoms with Gasteiger partial charge in [-0.25, -0.2) is 0 Å². The van der Waals surface area contributed by atoms with E-state index in [1.54, 1.807) is 7.11 Å². The van der Waals surface area contributed by atoms with E-state index in [9.17, 15) is 4.79 Å². The number of nitrogens with zero attached hydrogens (tertiary/aromatic N) is 3. The van der Waals surface area contributed by atoms with Gasteiger partial charge in [-0.15, -0.1) is 10.2 Å². The van der Waals surface area contributed by atoms with E-state index in [-0.39, 0.29) is 5.91 Å². The summed E-state index contributed by atoms with van der Waals surface area (Å²) in [5, 5.41) is 12.6. The van der Waals surface area contributed by atoms with Crippen LogP contribution in [0.15, 0.2) is 30.3 Å². The molecule has 27 heavy (non-hydrogen) atoms. The van der Waals surface area contributed by atoms with Crippen LogP contribution in [0.2, 0.25) is 0 Å². The van der Waals surface area contributed by atoms with Crippen molar-refractivity contribution in [3.05, 3.63) is 52.3 Å². The number of aromatic nitrogens is 3. The second-order valence-electron chi connectivity index (χ2n) is 6.87. The lowest BCUT2D eigenvalue weighted by Crippen LogP contribution is -2.13. The van der Waals surface area contributed by atoms with E-state index in [4.69, 9.17) is 4.74 Å². The maximum atomic E-state index is 12.8. The summed E-state index contributed by atoms with van der Waals surface area (Å²) in [6, 6.07) is 9.66. The third-order valence-electron chi connectivity index (χ3n) is 4.28. The van der Waals surface area contributed by atoms with E-state index in [2.05, 4.69) is 33.9 Å². The Balaban J connectivity index is 1.82. The zero-order valence-electron chi connectivity index (χ0n) is 16.2. The largest absolute Gasteiger partial charge is 0.497 e. The first-order valence-corrected chi connectivity index (χ1v) is 9.67. The number of anilines is 1. The van der Waals surface area contributed by atoms with Gasteiger partial charge in [-0.1, -0.05) is 25.2 Å². The van der Waals surface area contributed by atoms with Crippen LogP contribution in [0, 0.1) is 19.8 Å². The van der Waals surface area contributed by atoms with Crippen molar-refractivity contribution in [2.75, 3.05) is 12.4 Å². The van der Waals surface area contributed by atoms with Gasteiger partial charge in [0.15, 0.2) is 0 Å². The number of benzene rings is 1. The molecule has 3 rings (SSSR count). The molecule has 0 saturated heterocycles. The van der Waals surface area contributed by atoms with Gasteiger partial charge in [-0.05, 0) is 50.1 Å². The first kappa shape index (κ1) is 19.1. The van der Waals surface area contributed by atoms with Crippen molar-refractivity contribution >= 4 is 22.4 Å². The molecule has 0 bridgehead atoms. The Hall–Kier alpha value is -2.67. The second kappa shape index (κ2) is 7.92. The molecular weight excluding hydrogens is 360 g/mol. The summed E-state index contributed by atoms with van der Waals surface area (Å²) in [7, 11) is 1.64. The number of carbonyl (C=O) groups excluding carboxylic acids is 1. The number of amides is 1. The summed E-state index contributed by atoms with van der Waals surface area (Å²) >= 11 is 1.43. The lowest BCUT2D eigenvalue weighted by atomic mass is 10.1. The molecular formula is C20H24N4O2S. The van der Waals surface area contributed by atoms with Crippen molar-refractivity contribution in [1.29, 1.82) is 0 Å². The van der Waals surface area contributed by atoms with Crippen LogP contribution in [0.4, 0.5) is 5.13 Å². The average Bonchev–Trinajstić information content (AvgIpc) is 3.18. The molecule has 2 aromatic heterocycles. The van der Waals surface area contributed by atoms with Gasteiger partial charge in [0.25, 0.3) is 5.91 Å². The summed E-state index contributed by atoms with van der Waals surface area (Å²) in [6.07, 6.45) is 0.861. The zero-order valence-corrected chi connectivity index (χ0v) is 17.1. The molecule has 1 aromatic carbocycles. The Morgan fingerprint density at radius 3 is 2.56 bits per heavy atom. The number of aryl methyl sites for hydroxylation is 1. The molecule has 7 heteroatoms. The fraction of sp³-hybridized carbons (Fsp3) is 0.350. The van der Waals surface area contributed by atoms with Crippen LogP contribution in [-0.4, -0.2) is 27.8 Å². The van der Waals surface area contributed by atoms with Gasteiger partial charge in [-0.3, -0.25) is 10.1 Å². The molecule has 0 radical (unpaired) electrons. The highest BCUT2D eigenvalue weighted by Gasteiger charge is 2.18. The van der Waals surface area contributed by atoms with E-state index in [0.717, 1.165) is 34.3 Å². The molecule has 142 valence electrons. The number of methoxy groups -OCH3 is 1. The lowest BCUT2D eigenvalue weighted by Gasteiger charge is -2.10. The van der Waals surface area contributed by atoms with E-state index >= 15 is 0 Å². The highest BCUT2D eigenvalue weighted by atomic mass is 32.1. The molecule has 1 amide bonds. The fourth-order valence-corrected chi connectivity index (χ4v) is 3.97. The van der Waals surface area contributed by atoms with Crippen LogP contribution in [0.5, 0.6) is 5.75 Å². The normalized spacial score (nSPS) is 11.0. The molecule has 0 spiro atoms. The second-order valence-corrected chi connectivity index (χ2v) is 7.93. The predicted molar refractivity (Wildman–Crippen MR) is 108 cm³/mol. The Labute approximate surface area is 163 Å². The Bertz CT molecular complexity index is 942. The summed E-state index contributed by atoms with van der Waals surface area (Å²) < 4.78 is 7.27. The standard InChI is InChI=1S/C20H24N4O2S/c1-12(2)10-18-22-23-20(27-18)21-19(25)17-11-13(3)24(14(17)4)15-6-8-16(26-5)9-7-15/h6-9,11-12H,10H2,1-5H3,(H,21,23,25). The monoisotopic (exact) mass is 384 g/mol. The number of nitrogens with one attached hydrogen (secondary N) is 1. The molecule has 0 atom stereocenters. The Kier molecular flexibility index (Phi) is 5.60. The highest BCUT2D eigenvalue weighted by molar-refractivity contribution is 7.15. The maximum absolute atomic E-state index is 12.8. The molecule has 0 saturated carbocycles. The first-order chi connectivity index (χ1) is 12.9. The van der Waals surface area contributed by atoms with E-state index < -0.39 is 0 Å². The molecule has 0 fully saturated rings. The molecule has 0 aliphatic carbocycles. The number of hydrogen-bond donors (Lipinski definition) is 1. The molecule has 2 heterocycles. The Morgan fingerprint density at radius 1 is 1.22 bits per heavy atom. The lowest BCUT2D eigenvalue weighted by molar-refractivity contribution is 0.102. The van der Waals surface area contributed by atoms with E-state index in [1.807, 2.05) is 44.2 Å². The Morgan fingerprint density at radius 2 is 1.93 bits per heavy atom. The summed E-state index contributed by atoms with van der Waals surface area (Å²) in [4.78, 5) is 12.8. The summed E-state index contributed by atoms with van der Waals surface area (Å²) in [6.45, 7) is 8.19. The molecule has 6 nitrogen and oxygen atoms in total. The van der Waals surface area contributed by atoms with Gasteiger partial charge in [0.1, 0.15) is 10.8 Å².